The maximum absolute atomic E-state index is 12.6. The van der Waals surface area contributed by atoms with Gasteiger partial charge in [-0.05, 0) is 81.0 Å². The Bertz CT molecular complexity index is 829. The lowest BCUT2D eigenvalue weighted by atomic mass is 9.98. The van der Waals surface area contributed by atoms with Crippen molar-refractivity contribution in [2.24, 2.45) is 5.92 Å². The molecule has 1 fully saturated rings. The molecule has 2 aromatic rings. The molecule has 1 saturated heterocycles. The summed E-state index contributed by atoms with van der Waals surface area (Å²) in [6.07, 6.45) is 1.91. The van der Waals surface area contributed by atoms with Gasteiger partial charge in [0.25, 0.3) is 5.91 Å². The third-order valence-corrected chi connectivity index (χ3v) is 6.14. The van der Waals surface area contributed by atoms with Crippen LogP contribution in [0.25, 0.3) is 0 Å². The molecule has 0 saturated carbocycles. The first-order valence-corrected chi connectivity index (χ1v) is 10.8. The van der Waals surface area contributed by atoms with Gasteiger partial charge >= 0.3 is 0 Å². The molecule has 0 aromatic heterocycles. The third kappa shape index (κ3) is 5.66. The monoisotopic (exact) mass is 414 g/mol. The zero-order chi connectivity index (χ0) is 21.0. The van der Waals surface area contributed by atoms with Gasteiger partial charge in [-0.15, -0.1) is 0 Å². The SMILES string of the molecule is Cc1cc(OC(C)C(=O)NC(C)c2ccc(N3CCC(C)CC3)cc2)ccc1Cl. The quantitative estimate of drug-likeness (QED) is 0.675. The summed E-state index contributed by atoms with van der Waals surface area (Å²) in [7, 11) is 0. The summed E-state index contributed by atoms with van der Waals surface area (Å²) < 4.78 is 5.78. The van der Waals surface area contributed by atoms with Gasteiger partial charge in [-0.3, -0.25) is 4.79 Å². The topological polar surface area (TPSA) is 41.6 Å². The summed E-state index contributed by atoms with van der Waals surface area (Å²) in [5, 5.41) is 3.73. The Kier molecular flexibility index (Phi) is 7.07. The summed E-state index contributed by atoms with van der Waals surface area (Å²) in [6.45, 7) is 10.2. The second-order valence-corrected chi connectivity index (χ2v) is 8.57. The smallest absolute Gasteiger partial charge is 0.261 e. The van der Waals surface area contributed by atoms with Gasteiger partial charge in [-0.1, -0.05) is 30.7 Å². The molecular formula is C24H31ClN2O2. The molecule has 0 spiro atoms. The van der Waals surface area contributed by atoms with Gasteiger partial charge in [-0.25, -0.2) is 0 Å². The number of carbonyl (C=O) groups excluding carboxylic acids is 1. The molecular weight excluding hydrogens is 384 g/mol. The van der Waals surface area contributed by atoms with E-state index in [4.69, 9.17) is 16.3 Å². The molecule has 1 N–H and O–H groups in total. The molecule has 5 heteroatoms. The van der Waals surface area contributed by atoms with Crippen LogP contribution in [0.15, 0.2) is 42.5 Å². The van der Waals surface area contributed by atoms with Gasteiger partial charge < -0.3 is 15.0 Å². The molecule has 0 bridgehead atoms. The summed E-state index contributed by atoms with van der Waals surface area (Å²) in [5.74, 6) is 1.32. The minimum Gasteiger partial charge on any atom is -0.481 e. The molecule has 0 aliphatic carbocycles. The number of hydrogen-bond acceptors (Lipinski definition) is 3. The number of nitrogens with zero attached hydrogens (tertiary/aromatic N) is 1. The van der Waals surface area contributed by atoms with E-state index in [2.05, 4.69) is 41.4 Å². The molecule has 2 aromatic carbocycles. The number of nitrogens with one attached hydrogen (secondary N) is 1. The van der Waals surface area contributed by atoms with Crippen molar-refractivity contribution in [2.75, 3.05) is 18.0 Å². The molecule has 29 heavy (non-hydrogen) atoms. The van der Waals surface area contributed by atoms with Crippen LogP contribution in [0.4, 0.5) is 5.69 Å². The van der Waals surface area contributed by atoms with Crippen LogP contribution < -0.4 is 15.0 Å². The Hall–Kier alpha value is -2.20. The number of rotatable bonds is 6. The number of benzene rings is 2. The van der Waals surface area contributed by atoms with E-state index in [1.54, 1.807) is 19.1 Å². The Morgan fingerprint density at radius 3 is 2.41 bits per heavy atom. The molecule has 4 nitrogen and oxygen atoms in total. The van der Waals surface area contributed by atoms with Crippen molar-refractivity contribution in [3.63, 3.8) is 0 Å². The first-order chi connectivity index (χ1) is 13.8. The standard InChI is InChI=1S/C24H31ClN2O2/c1-16-11-13-27(14-12-16)21-7-5-20(6-8-21)18(3)26-24(28)19(4)29-22-9-10-23(25)17(2)15-22/h5-10,15-16,18-19H,11-14H2,1-4H3,(H,26,28). The Balaban J connectivity index is 1.55. The van der Waals surface area contributed by atoms with Crippen LogP contribution in [-0.2, 0) is 4.79 Å². The highest BCUT2D eigenvalue weighted by Crippen LogP contribution is 2.25. The highest BCUT2D eigenvalue weighted by Gasteiger charge is 2.19. The van der Waals surface area contributed by atoms with E-state index >= 15 is 0 Å². The molecule has 156 valence electrons. The number of piperidine rings is 1. The average molecular weight is 415 g/mol. The van der Waals surface area contributed by atoms with Crippen LogP contribution >= 0.6 is 11.6 Å². The van der Waals surface area contributed by atoms with Gasteiger partial charge in [-0.2, -0.15) is 0 Å². The molecule has 2 unspecified atom stereocenters. The number of ether oxygens (including phenoxy) is 1. The third-order valence-electron chi connectivity index (χ3n) is 5.71. The molecule has 1 heterocycles. The highest BCUT2D eigenvalue weighted by atomic mass is 35.5. The van der Waals surface area contributed by atoms with Crippen molar-refractivity contribution in [1.82, 2.24) is 5.32 Å². The molecule has 1 aliphatic heterocycles. The van der Waals surface area contributed by atoms with Crippen LogP contribution in [0.5, 0.6) is 5.75 Å². The first-order valence-electron chi connectivity index (χ1n) is 10.4. The summed E-state index contributed by atoms with van der Waals surface area (Å²) in [5.41, 5.74) is 3.27. The molecule has 1 aliphatic rings. The summed E-state index contributed by atoms with van der Waals surface area (Å²) in [4.78, 5) is 15.0. The van der Waals surface area contributed by atoms with Gasteiger partial charge in [0.2, 0.25) is 0 Å². The van der Waals surface area contributed by atoms with E-state index in [-0.39, 0.29) is 11.9 Å². The highest BCUT2D eigenvalue weighted by molar-refractivity contribution is 6.31. The van der Waals surface area contributed by atoms with E-state index < -0.39 is 6.10 Å². The van der Waals surface area contributed by atoms with Crippen molar-refractivity contribution >= 4 is 23.2 Å². The molecule has 2 atom stereocenters. The minimum atomic E-state index is -0.590. The zero-order valence-corrected chi connectivity index (χ0v) is 18.5. The molecule has 3 rings (SSSR count). The fraction of sp³-hybridized carbons (Fsp3) is 0.458. The van der Waals surface area contributed by atoms with Crippen LogP contribution in [0.3, 0.4) is 0 Å². The lowest BCUT2D eigenvalue weighted by Gasteiger charge is -2.32. The zero-order valence-electron chi connectivity index (χ0n) is 17.7. The lowest BCUT2D eigenvalue weighted by molar-refractivity contribution is -0.127. The van der Waals surface area contributed by atoms with E-state index in [9.17, 15) is 4.79 Å². The second-order valence-electron chi connectivity index (χ2n) is 8.16. The largest absolute Gasteiger partial charge is 0.481 e. The fourth-order valence-electron chi connectivity index (χ4n) is 3.60. The fourth-order valence-corrected chi connectivity index (χ4v) is 3.72. The van der Waals surface area contributed by atoms with Crippen molar-refractivity contribution < 1.29 is 9.53 Å². The van der Waals surface area contributed by atoms with Crippen LogP contribution in [-0.4, -0.2) is 25.1 Å². The number of hydrogen-bond donors (Lipinski definition) is 1. The predicted octanol–water partition coefficient (Wildman–Crippen LogP) is 5.53. The Morgan fingerprint density at radius 2 is 1.79 bits per heavy atom. The Morgan fingerprint density at radius 1 is 1.14 bits per heavy atom. The normalized spacial score (nSPS) is 16.9. The van der Waals surface area contributed by atoms with E-state index in [0.29, 0.717) is 10.8 Å². The van der Waals surface area contributed by atoms with Crippen molar-refractivity contribution in [1.29, 1.82) is 0 Å². The van der Waals surface area contributed by atoms with Crippen molar-refractivity contribution in [2.45, 2.75) is 52.7 Å². The number of halogens is 1. The van der Waals surface area contributed by atoms with Crippen LogP contribution in [0.1, 0.15) is 50.8 Å². The van der Waals surface area contributed by atoms with Crippen molar-refractivity contribution in [3.8, 4) is 5.75 Å². The predicted molar refractivity (Wildman–Crippen MR) is 120 cm³/mol. The van der Waals surface area contributed by atoms with Gasteiger partial charge in [0.1, 0.15) is 5.75 Å². The first kappa shape index (κ1) is 21.5. The summed E-state index contributed by atoms with van der Waals surface area (Å²) in [6, 6.07) is 13.8. The van der Waals surface area contributed by atoms with E-state index in [1.165, 1.54) is 18.5 Å². The number of aryl methyl sites for hydroxylation is 1. The maximum atomic E-state index is 12.6. The maximum Gasteiger partial charge on any atom is 0.261 e. The van der Waals surface area contributed by atoms with Gasteiger partial charge in [0.15, 0.2) is 6.10 Å². The lowest BCUT2D eigenvalue weighted by Crippen LogP contribution is -2.37. The summed E-state index contributed by atoms with van der Waals surface area (Å²) >= 11 is 6.05. The van der Waals surface area contributed by atoms with E-state index in [0.717, 1.165) is 30.1 Å². The number of carbonyl (C=O) groups is 1. The van der Waals surface area contributed by atoms with Crippen LogP contribution in [0, 0.1) is 12.8 Å². The van der Waals surface area contributed by atoms with Crippen molar-refractivity contribution in [3.05, 3.63) is 58.6 Å². The second kappa shape index (κ2) is 9.53. The average Bonchev–Trinajstić information content (AvgIpc) is 2.71. The minimum absolute atomic E-state index is 0.0871. The van der Waals surface area contributed by atoms with Crippen LogP contribution in [0.2, 0.25) is 5.02 Å². The molecule has 1 amide bonds. The Labute approximate surface area is 179 Å². The van der Waals surface area contributed by atoms with Gasteiger partial charge in [0.05, 0.1) is 6.04 Å². The number of amides is 1. The number of anilines is 1. The van der Waals surface area contributed by atoms with Gasteiger partial charge in [0, 0.05) is 23.8 Å². The van der Waals surface area contributed by atoms with E-state index in [1.807, 2.05) is 19.9 Å². The molecule has 0 radical (unpaired) electrons.